The van der Waals surface area contributed by atoms with Gasteiger partial charge in [0.2, 0.25) is 0 Å². The Labute approximate surface area is 413 Å². The highest BCUT2D eigenvalue weighted by Gasteiger charge is 2.49. The van der Waals surface area contributed by atoms with E-state index in [1.807, 2.05) is 11.3 Å². The lowest BCUT2D eigenvalue weighted by Crippen LogP contribution is -2.61. The third-order valence-corrected chi connectivity index (χ3v) is 18.2. The second-order valence-corrected chi connectivity index (χ2v) is 26.9. The van der Waals surface area contributed by atoms with Gasteiger partial charge in [-0.15, -0.1) is 11.3 Å². The molecule has 4 aliphatic rings. The van der Waals surface area contributed by atoms with Crippen molar-refractivity contribution in [3.8, 4) is 11.1 Å². The van der Waals surface area contributed by atoms with Crippen molar-refractivity contribution < 1.29 is 0 Å². The van der Waals surface area contributed by atoms with Gasteiger partial charge < -0.3 is 9.80 Å². The summed E-state index contributed by atoms with van der Waals surface area (Å²) < 4.78 is 1.42. The number of hydrogen-bond acceptors (Lipinski definition) is 3. The Morgan fingerprint density at radius 1 is 0.529 bits per heavy atom. The van der Waals surface area contributed by atoms with Gasteiger partial charge in [-0.25, -0.2) is 0 Å². The van der Waals surface area contributed by atoms with Gasteiger partial charge in [-0.05, 0) is 179 Å². The smallest absolute Gasteiger partial charge is 0.254 e. The van der Waals surface area contributed by atoms with Gasteiger partial charge in [-0.2, -0.15) is 0 Å². The van der Waals surface area contributed by atoms with Gasteiger partial charge in [0.1, 0.15) is 0 Å². The van der Waals surface area contributed by atoms with Crippen molar-refractivity contribution >= 4 is 78.0 Å². The van der Waals surface area contributed by atoms with Crippen LogP contribution in [-0.2, 0) is 27.1 Å². The first-order valence-corrected chi connectivity index (χ1v) is 26.6. The summed E-state index contributed by atoms with van der Waals surface area (Å²) in [5, 5.41) is 2.82. The Bertz CT molecular complexity index is 3160. The van der Waals surface area contributed by atoms with Crippen LogP contribution < -0.4 is 26.2 Å². The fourth-order valence-electron chi connectivity index (χ4n) is 12.4. The second kappa shape index (κ2) is 15.2. The molecular weight excluding hydrogens is 840 g/mol. The van der Waals surface area contributed by atoms with E-state index in [1.165, 1.54) is 125 Å². The minimum absolute atomic E-state index is 0.0130. The predicted octanol–water partition coefficient (Wildman–Crippen LogP) is 16.9. The van der Waals surface area contributed by atoms with Crippen molar-refractivity contribution in [1.82, 2.24) is 0 Å². The molecule has 0 N–H and O–H groups in total. The summed E-state index contributed by atoms with van der Waals surface area (Å²) in [7, 11) is 0. The first kappa shape index (κ1) is 45.4. The van der Waals surface area contributed by atoms with Crippen molar-refractivity contribution in [3.05, 3.63) is 148 Å². The highest BCUT2D eigenvalue weighted by molar-refractivity contribution is 7.26. The van der Waals surface area contributed by atoms with E-state index in [4.69, 9.17) is 0 Å². The molecule has 2 aliphatic carbocycles. The minimum atomic E-state index is -0.110. The summed E-state index contributed by atoms with van der Waals surface area (Å²) in [5.74, 6) is 1.10. The molecule has 2 atom stereocenters. The summed E-state index contributed by atoms with van der Waals surface area (Å²) in [4.78, 5) is 5.43. The summed E-state index contributed by atoms with van der Waals surface area (Å²) in [5.41, 5.74) is 23.5. The monoisotopic (exact) mass is 913 g/mol. The molecule has 2 unspecified atom stereocenters. The number of nitrogens with zero attached hydrogens (tertiary/aromatic N) is 2. The summed E-state index contributed by atoms with van der Waals surface area (Å²) in [6.07, 6.45) is 4.85. The summed E-state index contributed by atoms with van der Waals surface area (Å²) in [6, 6.07) is 44.1. The quantitative estimate of drug-likeness (QED) is 0.163. The molecule has 3 heterocycles. The number of rotatable bonds is 3. The zero-order chi connectivity index (χ0) is 48.2. The van der Waals surface area contributed by atoms with E-state index in [0.717, 1.165) is 0 Å². The van der Waals surface area contributed by atoms with Crippen molar-refractivity contribution in [1.29, 1.82) is 0 Å². The Morgan fingerprint density at radius 3 is 1.69 bits per heavy atom. The molecule has 0 radical (unpaired) electrons. The van der Waals surface area contributed by atoms with Crippen molar-refractivity contribution in [2.75, 3.05) is 9.80 Å². The fraction of sp³-hybridized carbons (Fsp3) is 0.406. The molecule has 348 valence electrons. The topological polar surface area (TPSA) is 6.48 Å². The standard InChI is InChI=1S/C64H73BN2S/c1-38-21-22-39(2)46-35-56-48(34-45(38)46)57-59(68-56)66(44-26-23-41(24-27-44)60(3,4)5)54-32-43(62(9,10)11)33-55-58(54)65(57)51-36-49-50(64(14,15)30-29-63(49,12)13)37-53(51)67(55)52-28-25-42(61(6,7)8)31-47(52)40-19-17-16-18-20-40/h16-20,23-28,31-39H,21-22,29-30H2,1-15H3. The molecule has 2 nitrogen and oxygen atoms in total. The van der Waals surface area contributed by atoms with E-state index in [-0.39, 0.29) is 33.8 Å². The van der Waals surface area contributed by atoms with Gasteiger partial charge in [0.25, 0.3) is 6.71 Å². The van der Waals surface area contributed by atoms with Crippen molar-refractivity contribution in [2.45, 2.75) is 168 Å². The predicted molar refractivity (Wildman–Crippen MR) is 299 cm³/mol. The van der Waals surface area contributed by atoms with E-state index < -0.39 is 0 Å². The van der Waals surface area contributed by atoms with Crippen LogP contribution in [0.5, 0.6) is 0 Å². The van der Waals surface area contributed by atoms with E-state index in [9.17, 15) is 0 Å². The zero-order valence-electron chi connectivity index (χ0n) is 43.8. The maximum absolute atomic E-state index is 2.73. The lowest BCUT2D eigenvalue weighted by molar-refractivity contribution is 0.332. The molecule has 0 amide bonds. The van der Waals surface area contributed by atoms with E-state index in [1.54, 1.807) is 11.1 Å². The van der Waals surface area contributed by atoms with Crippen LogP contribution in [0.1, 0.15) is 180 Å². The van der Waals surface area contributed by atoms with Crippen LogP contribution in [-0.4, -0.2) is 6.71 Å². The third kappa shape index (κ3) is 7.07. The molecule has 4 heteroatoms. The summed E-state index contributed by atoms with van der Waals surface area (Å²) in [6.45, 7) is 36.2. The van der Waals surface area contributed by atoms with Crippen molar-refractivity contribution in [3.63, 3.8) is 0 Å². The van der Waals surface area contributed by atoms with Crippen molar-refractivity contribution in [2.24, 2.45) is 0 Å². The zero-order valence-corrected chi connectivity index (χ0v) is 44.6. The van der Waals surface area contributed by atoms with Crippen LogP contribution in [0.25, 0.3) is 21.2 Å². The Hall–Kier alpha value is -5.06. The lowest BCUT2D eigenvalue weighted by atomic mass is 9.33. The molecule has 1 aromatic heterocycles. The van der Waals surface area contributed by atoms with Crippen LogP contribution in [0.2, 0.25) is 0 Å². The highest BCUT2D eigenvalue weighted by atomic mass is 32.1. The molecule has 11 rings (SSSR count). The maximum atomic E-state index is 2.73. The average Bonchev–Trinajstić information content (AvgIpc) is 3.65. The molecule has 0 bridgehead atoms. The molecule has 7 aromatic rings. The number of benzene rings is 6. The van der Waals surface area contributed by atoms with Crippen LogP contribution in [0.4, 0.5) is 33.4 Å². The first-order valence-electron chi connectivity index (χ1n) is 25.8. The Morgan fingerprint density at radius 2 is 1.09 bits per heavy atom. The molecule has 6 aromatic carbocycles. The third-order valence-electron chi connectivity index (χ3n) is 17.0. The van der Waals surface area contributed by atoms with Crippen LogP contribution in [0.15, 0.2) is 109 Å². The number of thiophene rings is 1. The van der Waals surface area contributed by atoms with E-state index >= 15 is 0 Å². The summed E-state index contributed by atoms with van der Waals surface area (Å²) >= 11 is 2.03. The molecule has 68 heavy (non-hydrogen) atoms. The molecule has 0 saturated heterocycles. The molecule has 2 aliphatic heterocycles. The van der Waals surface area contributed by atoms with Gasteiger partial charge >= 0.3 is 0 Å². The molecular formula is C64H73BN2S. The van der Waals surface area contributed by atoms with Crippen LogP contribution >= 0.6 is 11.3 Å². The lowest BCUT2D eigenvalue weighted by Gasteiger charge is -2.47. The minimum Gasteiger partial charge on any atom is -0.311 e. The number of anilines is 6. The van der Waals surface area contributed by atoms with E-state index in [0.29, 0.717) is 11.8 Å². The number of hydrogen-bond donors (Lipinski definition) is 0. The average molecular weight is 913 g/mol. The van der Waals surface area contributed by atoms with Gasteiger partial charge in [0.05, 0.1) is 10.7 Å². The van der Waals surface area contributed by atoms with Gasteiger partial charge in [-0.1, -0.05) is 165 Å². The van der Waals surface area contributed by atoms with Crippen LogP contribution in [0.3, 0.4) is 0 Å². The normalized spacial score (nSPS) is 19.3. The highest BCUT2D eigenvalue weighted by Crippen LogP contribution is 2.54. The SMILES string of the molecule is CC1CCC(C)c2cc3c4c(sc3cc21)N(c1ccc(C(C)(C)C)cc1)c1cc(C(C)(C)C)cc2c1B4c1cc3c(cc1N2c1ccc(C(C)(C)C)cc1-c1ccccc1)C(C)(C)CCC3(C)C. The van der Waals surface area contributed by atoms with Crippen LogP contribution in [0, 0.1) is 0 Å². The molecule has 0 fully saturated rings. The molecule has 0 saturated carbocycles. The number of fused-ring (bicyclic) bond motifs is 8. The van der Waals surface area contributed by atoms with E-state index in [2.05, 4.69) is 223 Å². The Balaban J connectivity index is 1.32. The van der Waals surface area contributed by atoms with Gasteiger partial charge in [-0.3, -0.25) is 0 Å². The fourth-order valence-corrected chi connectivity index (χ4v) is 13.7. The van der Waals surface area contributed by atoms with Gasteiger partial charge in [0, 0.05) is 33.0 Å². The van der Waals surface area contributed by atoms with Gasteiger partial charge in [0.15, 0.2) is 0 Å². The largest absolute Gasteiger partial charge is 0.311 e. The first-order chi connectivity index (χ1) is 31.9. The second-order valence-electron chi connectivity index (χ2n) is 25.8. The Kier molecular flexibility index (Phi) is 10.2. The molecule has 0 spiro atoms. The maximum Gasteiger partial charge on any atom is 0.254 e.